The third kappa shape index (κ3) is 7.92. The summed E-state index contributed by atoms with van der Waals surface area (Å²) in [6, 6.07) is 66.4. The molecule has 0 radical (unpaired) electrons. The lowest BCUT2D eigenvalue weighted by molar-refractivity contribution is 1.23. The van der Waals surface area contributed by atoms with Crippen LogP contribution in [0.4, 0.5) is 0 Å². The highest BCUT2D eigenvalue weighted by Gasteiger charge is 2.16. The first-order chi connectivity index (χ1) is 33.7. The number of pyridine rings is 8. The molecule has 0 atom stereocenters. The Morgan fingerprint density at radius 1 is 0.221 bits per heavy atom. The average Bonchev–Trinajstić information content (AvgIpc) is 3.43. The molecule has 8 heteroatoms. The van der Waals surface area contributed by atoms with Crippen LogP contribution in [0.1, 0.15) is 0 Å². The summed E-state index contributed by atoms with van der Waals surface area (Å²) >= 11 is 0. The number of aromatic nitrogens is 8. The van der Waals surface area contributed by atoms with Crippen molar-refractivity contribution in [1.82, 2.24) is 39.9 Å². The van der Waals surface area contributed by atoms with Crippen molar-refractivity contribution < 1.29 is 0 Å². The fraction of sp³-hybridized carbons (Fsp3) is 0. The summed E-state index contributed by atoms with van der Waals surface area (Å²) in [7, 11) is 0. The minimum Gasteiger partial charge on any atom is -0.256 e. The lowest BCUT2D eigenvalue weighted by atomic mass is 9.93. The van der Waals surface area contributed by atoms with E-state index in [1.807, 2.05) is 110 Å². The van der Waals surface area contributed by atoms with Crippen LogP contribution in [-0.2, 0) is 0 Å². The van der Waals surface area contributed by atoms with Gasteiger partial charge in [-0.25, -0.2) is 9.97 Å². The van der Waals surface area contributed by atoms with E-state index in [-0.39, 0.29) is 0 Å². The monoisotopic (exact) mass is 870 g/mol. The summed E-state index contributed by atoms with van der Waals surface area (Å²) in [4.78, 5) is 38.4. The Balaban J connectivity index is 0.877. The highest BCUT2D eigenvalue weighted by atomic mass is 14.8. The molecule has 8 aromatic heterocycles. The minimum absolute atomic E-state index is 0.788. The first-order valence-electron chi connectivity index (χ1n) is 22.4. The molecular weight excluding hydrogens is 833 g/mol. The number of benzene rings is 4. The van der Waals surface area contributed by atoms with Gasteiger partial charge in [-0.2, -0.15) is 0 Å². The predicted molar refractivity (Wildman–Crippen MR) is 273 cm³/mol. The van der Waals surface area contributed by atoms with Crippen molar-refractivity contribution in [1.29, 1.82) is 0 Å². The third-order valence-corrected chi connectivity index (χ3v) is 12.2. The van der Waals surface area contributed by atoms with Crippen LogP contribution in [-0.4, -0.2) is 39.9 Å². The van der Waals surface area contributed by atoms with Gasteiger partial charge in [-0.15, -0.1) is 0 Å². The van der Waals surface area contributed by atoms with E-state index in [4.69, 9.17) is 29.9 Å². The van der Waals surface area contributed by atoms with Crippen molar-refractivity contribution in [2.45, 2.75) is 0 Å². The Morgan fingerprint density at radius 3 is 0.912 bits per heavy atom. The zero-order chi connectivity index (χ0) is 45.2. The smallest absolute Gasteiger partial charge is 0.0886 e. The molecule has 0 saturated carbocycles. The summed E-state index contributed by atoms with van der Waals surface area (Å²) in [6.07, 6.45) is 11.0. The lowest BCUT2D eigenvalue weighted by Crippen LogP contribution is -1.94. The second-order valence-electron chi connectivity index (χ2n) is 16.5. The molecule has 0 bridgehead atoms. The molecule has 0 aliphatic heterocycles. The maximum absolute atomic E-state index is 5.21. The number of hydrogen-bond acceptors (Lipinski definition) is 8. The van der Waals surface area contributed by atoms with Gasteiger partial charge in [0.25, 0.3) is 0 Å². The second-order valence-corrected chi connectivity index (χ2v) is 16.5. The fourth-order valence-electron chi connectivity index (χ4n) is 8.67. The molecule has 0 spiro atoms. The van der Waals surface area contributed by atoms with Crippen LogP contribution in [0.25, 0.3) is 123 Å². The summed E-state index contributed by atoms with van der Waals surface area (Å²) in [5.74, 6) is 0. The zero-order valence-electron chi connectivity index (χ0n) is 36.5. The highest BCUT2D eigenvalue weighted by Crippen LogP contribution is 2.38. The first-order valence-corrected chi connectivity index (χ1v) is 22.4. The summed E-state index contributed by atoms with van der Waals surface area (Å²) < 4.78 is 0. The highest BCUT2D eigenvalue weighted by molar-refractivity contribution is 6.02. The van der Waals surface area contributed by atoms with Gasteiger partial charge in [0.1, 0.15) is 0 Å². The molecule has 12 aromatic rings. The molecule has 4 aromatic carbocycles. The maximum atomic E-state index is 5.21. The van der Waals surface area contributed by atoms with Crippen LogP contribution in [0.3, 0.4) is 0 Å². The fourth-order valence-corrected chi connectivity index (χ4v) is 8.67. The normalized spacial score (nSPS) is 11.2. The quantitative estimate of drug-likeness (QED) is 0.141. The Labute approximate surface area is 392 Å². The molecule has 0 fully saturated rings. The molecule has 8 nitrogen and oxygen atoms in total. The van der Waals surface area contributed by atoms with Crippen LogP contribution in [0.15, 0.2) is 231 Å². The summed E-state index contributed by atoms with van der Waals surface area (Å²) in [6.45, 7) is 0. The van der Waals surface area contributed by atoms with Gasteiger partial charge in [0, 0.05) is 70.2 Å². The second kappa shape index (κ2) is 17.5. The van der Waals surface area contributed by atoms with Gasteiger partial charge in [-0.05, 0) is 143 Å². The van der Waals surface area contributed by atoms with E-state index in [0.29, 0.717) is 0 Å². The van der Waals surface area contributed by atoms with Crippen LogP contribution >= 0.6 is 0 Å². The average molecular weight is 871 g/mol. The first kappa shape index (κ1) is 40.1. The zero-order valence-corrected chi connectivity index (χ0v) is 36.5. The standard InChI is InChI=1S/C60H38N8/c1-3-11-39(12-4-1)47-33-59(45-21-27-57(65-37-45)55-25-19-43(35-63-55)51-15-7-9-29-61-51)67-53-23-17-41(31-49(47)53)42-18-24-54-50(32-42)48(40-13-5-2-6-14-40)34-60(68-54)46-22-28-58(66-38-46)56-26-20-44(36-64-56)52-16-8-10-30-62-52/h1-38H. The van der Waals surface area contributed by atoms with Gasteiger partial charge in [0.05, 0.1) is 56.6 Å². The van der Waals surface area contributed by atoms with E-state index in [9.17, 15) is 0 Å². The van der Waals surface area contributed by atoms with Gasteiger partial charge >= 0.3 is 0 Å². The van der Waals surface area contributed by atoms with Gasteiger partial charge in [0.15, 0.2) is 0 Å². The molecule has 0 saturated heterocycles. The van der Waals surface area contributed by atoms with E-state index in [2.05, 4.69) is 119 Å². The van der Waals surface area contributed by atoms with E-state index in [1.165, 1.54) is 0 Å². The van der Waals surface area contributed by atoms with Crippen molar-refractivity contribution in [3.8, 4) is 101 Å². The molecule has 0 N–H and O–H groups in total. The molecule has 68 heavy (non-hydrogen) atoms. The van der Waals surface area contributed by atoms with Crippen LogP contribution in [0.2, 0.25) is 0 Å². The van der Waals surface area contributed by atoms with Crippen molar-refractivity contribution in [2.24, 2.45) is 0 Å². The van der Waals surface area contributed by atoms with Gasteiger partial charge in [-0.3, -0.25) is 29.9 Å². The lowest BCUT2D eigenvalue weighted by Gasteiger charge is -2.14. The van der Waals surface area contributed by atoms with E-state index in [1.54, 1.807) is 12.4 Å². The SMILES string of the molecule is c1ccc(-c2cc(-c3ccc(-c4ccc(-c5ccccn5)cn4)nc3)nc3ccc(-c4ccc5nc(-c6ccc(-c7ccc(-c8ccccn8)cn7)nc6)cc(-c6ccccc6)c5c4)cc23)cc1. The molecule has 318 valence electrons. The number of rotatable bonds is 9. The van der Waals surface area contributed by atoms with Crippen LogP contribution in [0.5, 0.6) is 0 Å². The molecule has 0 aliphatic carbocycles. The van der Waals surface area contributed by atoms with Crippen molar-refractivity contribution in [3.05, 3.63) is 231 Å². The van der Waals surface area contributed by atoms with Crippen molar-refractivity contribution in [3.63, 3.8) is 0 Å². The minimum atomic E-state index is 0.788. The largest absolute Gasteiger partial charge is 0.256 e. The number of fused-ring (bicyclic) bond motifs is 2. The molecule has 0 unspecified atom stereocenters. The third-order valence-electron chi connectivity index (χ3n) is 12.2. The van der Waals surface area contributed by atoms with E-state index < -0.39 is 0 Å². The van der Waals surface area contributed by atoms with Crippen LogP contribution < -0.4 is 0 Å². The number of hydrogen-bond donors (Lipinski definition) is 0. The predicted octanol–water partition coefficient (Wildman–Crippen LogP) is 14.2. The Morgan fingerprint density at radius 2 is 0.574 bits per heavy atom. The van der Waals surface area contributed by atoms with Gasteiger partial charge < -0.3 is 0 Å². The molecule has 8 heterocycles. The van der Waals surface area contributed by atoms with Gasteiger partial charge in [0.2, 0.25) is 0 Å². The Kier molecular flexibility index (Phi) is 10.3. The topological polar surface area (TPSA) is 103 Å². The van der Waals surface area contributed by atoms with Gasteiger partial charge in [-0.1, -0.05) is 84.9 Å². The molecule has 0 aliphatic rings. The van der Waals surface area contributed by atoms with E-state index in [0.717, 1.165) is 123 Å². The molecular formula is C60H38N8. The van der Waals surface area contributed by atoms with Crippen molar-refractivity contribution >= 4 is 21.8 Å². The number of nitrogens with zero attached hydrogens (tertiary/aromatic N) is 8. The van der Waals surface area contributed by atoms with E-state index >= 15 is 0 Å². The maximum Gasteiger partial charge on any atom is 0.0886 e. The summed E-state index contributed by atoms with van der Waals surface area (Å²) in [5, 5.41) is 2.12. The molecule has 12 rings (SSSR count). The van der Waals surface area contributed by atoms with Crippen molar-refractivity contribution in [2.75, 3.05) is 0 Å². The Bertz CT molecular complexity index is 3470. The van der Waals surface area contributed by atoms with Crippen LogP contribution in [0, 0.1) is 0 Å². The Hall–Kier alpha value is -9.40. The summed E-state index contributed by atoms with van der Waals surface area (Å²) in [5.41, 5.74) is 18.8. The molecule has 0 amide bonds.